The van der Waals surface area contributed by atoms with Crippen LogP contribution >= 0.6 is 0 Å². The van der Waals surface area contributed by atoms with Crippen LogP contribution in [0.5, 0.6) is 11.5 Å². The third-order valence-electron chi connectivity index (χ3n) is 3.27. The van der Waals surface area contributed by atoms with Gasteiger partial charge >= 0.3 is 6.61 Å². The molecule has 0 bridgehead atoms. The van der Waals surface area contributed by atoms with Crippen molar-refractivity contribution >= 4 is 12.1 Å². The lowest BCUT2D eigenvalue weighted by Gasteiger charge is -2.09. The van der Waals surface area contributed by atoms with E-state index in [1.165, 1.54) is 18.3 Å². The highest BCUT2D eigenvalue weighted by atomic mass is 19.3. The number of carbonyl (C=O) groups excluding carboxylic acids is 1. The molecule has 0 saturated heterocycles. The van der Waals surface area contributed by atoms with E-state index >= 15 is 0 Å². The van der Waals surface area contributed by atoms with Crippen LogP contribution < -0.4 is 14.8 Å². The first-order chi connectivity index (χ1) is 12.6. The third kappa shape index (κ3) is 6.04. The highest BCUT2D eigenvalue weighted by Crippen LogP contribution is 2.18. The van der Waals surface area contributed by atoms with Gasteiger partial charge < -0.3 is 19.6 Å². The largest absolute Gasteiger partial charge is 0.496 e. The number of benzene rings is 2. The summed E-state index contributed by atoms with van der Waals surface area (Å²) < 4.78 is 34.2. The second-order valence-electron chi connectivity index (χ2n) is 5.01. The van der Waals surface area contributed by atoms with Crippen molar-refractivity contribution in [2.45, 2.75) is 13.2 Å². The molecule has 2 aromatic rings. The molecule has 8 heteroatoms. The molecule has 0 radical (unpaired) electrons. The number of hydrogen-bond acceptors (Lipinski definition) is 5. The lowest BCUT2D eigenvalue weighted by atomic mass is 10.2. The summed E-state index contributed by atoms with van der Waals surface area (Å²) in [7, 11) is 1.55. The molecule has 2 aromatic carbocycles. The predicted molar refractivity (Wildman–Crippen MR) is 91.5 cm³/mol. The number of methoxy groups -OCH3 is 1. The van der Waals surface area contributed by atoms with Crippen LogP contribution in [-0.2, 0) is 16.2 Å². The van der Waals surface area contributed by atoms with Crippen LogP contribution in [0.15, 0.2) is 53.7 Å². The zero-order valence-electron chi connectivity index (χ0n) is 14.0. The molecule has 0 saturated carbocycles. The summed E-state index contributed by atoms with van der Waals surface area (Å²) >= 11 is 0. The van der Waals surface area contributed by atoms with E-state index in [0.29, 0.717) is 11.3 Å². The van der Waals surface area contributed by atoms with Gasteiger partial charge in [-0.1, -0.05) is 35.5 Å². The van der Waals surface area contributed by atoms with Gasteiger partial charge in [0.1, 0.15) is 11.5 Å². The summed E-state index contributed by atoms with van der Waals surface area (Å²) in [5.41, 5.74) is 1.13. The van der Waals surface area contributed by atoms with Crippen molar-refractivity contribution in [1.82, 2.24) is 5.32 Å². The number of amides is 1. The molecule has 1 N–H and O–H groups in total. The highest BCUT2D eigenvalue weighted by Gasteiger charge is 2.08. The number of carbonyl (C=O) groups is 1. The number of hydrogen-bond donors (Lipinski definition) is 1. The fourth-order valence-corrected chi connectivity index (χ4v) is 2.07. The first-order valence-corrected chi connectivity index (χ1v) is 7.68. The zero-order chi connectivity index (χ0) is 18.8. The number of oxime groups is 1. The van der Waals surface area contributed by atoms with Crippen LogP contribution in [0.2, 0.25) is 0 Å². The van der Waals surface area contributed by atoms with Crippen LogP contribution in [0, 0.1) is 0 Å². The molecule has 0 atom stereocenters. The minimum Gasteiger partial charge on any atom is -0.496 e. The van der Waals surface area contributed by atoms with Crippen molar-refractivity contribution in [3.63, 3.8) is 0 Å². The number of para-hydroxylation sites is 2. The summed E-state index contributed by atoms with van der Waals surface area (Å²) in [6.45, 7) is -2.98. The van der Waals surface area contributed by atoms with Crippen molar-refractivity contribution in [2.75, 3.05) is 13.7 Å². The number of rotatable bonds is 9. The molecule has 138 valence electrons. The number of nitrogens with zero attached hydrogens (tertiary/aromatic N) is 1. The highest BCUT2D eigenvalue weighted by molar-refractivity contribution is 5.83. The second kappa shape index (κ2) is 9.97. The molecule has 0 aliphatic carbocycles. The zero-order valence-corrected chi connectivity index (χ0v) is 14.0. The summed E-state index contributed by atoms with van der Waals surface area (Å²) in [5, 5.41) is 6.27. The average molecular weight is 364 g/mol. The van der Waals surface area contributed by atoms with Gasteiger partial charge in [0.15, 0.2) is 6.61 Å². The maximum absolute atomic E-state index is 12.3. The molecule has 0 heterocycles. The van der Waals surface area contributed by atoms with Crippen LogP contribution in [0.3, 0.4) is 0 Å². The van der Waals surface area contributed by atoms with E-state index in [4.69, 9.17) is 9.57 Å². The van der Waals surface area contributed by atoms with Gasteiger partial charge in [-0.3, -0.25) is 4.79 Å². The molecule has 0 aromatic heterocycles. The number of halogens is 2. The number of alkyl halides is 2. The Morgan fingerprint density at radius 1 is 1.15 bits per heavy atom. The summed E-state index contributed by atoms with van der Waals surface area (Å²) in [6, 6.07) is 13.4. The molecular weight excluding hydrogens is 346 g/mol. The van der Waals surface area contributed by atoms with Crippen molar-refractivity contribution in [3.8, 4) is 11.5 Å². The van der Waals surface area contributed by atoms with E-state index in [0.717, 1.165) is 5.56 Å². The summed E-state index contributed by atoms with van der Waals surface area (Å²) in [6.07, 6.45) is 1.20. The first kappa shape index (κ1) is 19.2. The monoisotopic (exact) mass is 364 g/mol. The molecule has 26 heavy (non-hydrogen) atoms. The SMILES string of the molecule is COc1ccccc1CNC(=O)CO/N=C\c1ccccc1OC(F)F. The van der Waals surface area contributed by atoms with Gasteiger partial charge in [0.2, 0.25) is 0 Å². The lowest BCUT2D eigenvalue weighted by molar-refractivity contribution is -0.125. The Morgan fingerprint density at radius 2 is 1.85 bits per heavy atom. The van der Waals surface area contributed by atoms with E-state index in [9.17, 15) is 13.6 Å². The molecular formula is C18H18F2N2O4. The summed E-state index contributed by atoms with van der Waals surface area (Å²) in [5.74, 6) is 0.253. The fourth-order valence-electron chi connectivity index (χ4n) is 2.07. The van der Waals surface area contributed by atoms with E-state index < -0.39 is 6.61 Å². The van der Waals surface area contributed by atoms with Gasteiger partial charge in [-0.15, -0.1) is 0 Å². The third-order valence-corrected chi connectivity index (χ3v) is 3.27. The van der Waals surface area contributed by atoms with Crippen LogP contribution in [0.25, 0.3) is 0 Å². The Morgan fingerprint density at radius 3 is 2.58 bits per heavy atom. The van der Waals surface area contributed by atoms with Gasteiger partial charge in [-0.25, -0.2) is 0 Å². The number of ether oxygens (including phenoxy) is 2. The van der Waals surface area contributed by atoms with E-state index in [2.05, 4.69) is 15.2 Å². The van der Waals surface area contributed by atoms with Crippen molar-refractivity contribution in [1.29, 1.82) is 0 Å². The maximum atomic E-state index is 12.3. The predicted octanol–water partition coefficient (Wildman–Crippen LogP) is 2.96. The van der Waals surface area contributed by atoms with Gasteiger partial charge in [-0.05, 0) is 18.2 Å². The van der Waals surface area contributed by atoms with Crippen LogP contribution in [-0.4, -0.2) is 32.4 Å². The standard InChI is InChI=1S/C18H18F2N2O4/c1-24-15-8-4-2-6-13(15)10-21-17(23)12-25-22-11-14-7-3-5-9-16(14)26-18(19)20/h2-9,11,18H,10,12H2,1H3,(H,21,23)/b22-11-. The normalized spacial score (nSPS) is 10.8. The van der Waals surface area contributed by atoms with Gasteiger partial charge in [-0.2, -0.15) is 8.78 Å². The fraction of sp³-hybridized carbons (Fsp3) is 0.222. The van der Waals surface area contributed by atoms with Crippen LogP contribution in [0.4, 0.5) is 8.78 Å². The molecule has 0 aliphatic rings. The summed E-state index contributed by atoms with van der Waals surface area (Å²) in [4.78, 5) is 16.7. The first-order valence-electron chi connectivity index (χ1n) is 7.68. The minimum atomic E-state index is -2.94. The van der Waals surface area contributed by atoms with Crippen LogP contribution in [0.1, 0.15) is 11.1 Å². The molecule has 2 rings (SSSR count). The number of nitrogens with one attached hydrogen (secondary N) is 1. The molecule has 1 amide bonds. The lowest BCUT2D eigenvalue weighted by Crippen LogP contribution is -2.26. The van der Waals surface area contributed by atoms with E-state index in [1.54, 1.807) is 25.3 Å². The van der Waals surface area contributed by atoms with Crippen molar-refractivity contribution < 1.29 is 27.9 Å². The Hall–Kier alpha value is -3.16. The molecule has 0 fully saturated rings. The molecule has 0 unspecified atom stereocenters. The minimum absolute atomic E-state index is 0.0320. The molecule has 6 nitrogen and oxygen atoms in total. The van der Waals surface area contributed by atoms with Gasteiger partial charge in [0.05, 0.1) is 13.3 Å². The maximum Gasteiger partial charge on any atom is 0.387 e. The van der Waals surface area contributed by atoms with E-state index in [1.807, 2.05) is 18.2 Å². The Bertz CT molecular complexity index is 753. The Labute approximate surface area is 149 Å². The van der Waals surface area contributed by atoms with Crippen molar-refractivity contribution in [2.24, 2.45) is 5.16 Å². The average Bonchev–Trinajstić information content (AvgIpc) is 2.64. The van der Waals surface area contributed by atoms with E-state index in [-0.39, 0.29) is 24.8 Å². The van der Waals surface area contributed by atoms with Gasteiger partial charge in [0, 0.05) is 17.7 Å². The van der Waals surface area contributed by atoms with Crippen molar-refractivity contribution in [3.05, 3.63) is 59.7 Å². The molecule has 0 spiro atoms. The quantitative estimate of drug-likeness (QED) is 0.549. The van der Waals surface area contributed by atoms with Gasteiger partial charge in [0.25, 0.3) is 5.91 Å². The smallest absolute Gasteiger partial charge is 0.387 e. The topological polar surface area (TPSA) is 69.2 Å². The Balaban J connectivity index is 1.80. The Kier molecular flexibility index (Phi) is 7.35. The second-order valence-corrected chi connectivity index (χ2v) is 5.01. The molecule has 0 aliphatic heterocycles.